The highest BCUT2D eigenvalue weighted by Crippen LogP contribution is 2.25. The van der Waals surface area contributed by atoms with Crippen LogP contribution in [0, 0.1) is 6.92 Å². The number of hydrogen-bond donors (Lipinski definition) is 2. The van der Waals surface area contributed by atoms with E-state index in [9.17, 15) is 23.1 Å². The molecule has 7 heteroatoms. The van der Waals surface area contributed by atoms with Crippen LogP contribution in [0.1, 0.15) is 5.56 Å². The van der Waals surface area contributed by atoms with Gasteiger partial charge in [0.2, 0.25) is 0 Å². The second kappa shape index (κ2) is 5.61. The van der Waals surface area contributed by atoms with Crippen LogP contribution in [-0.4, -0.2) is 30.3 Å². The van der Waals surface area contributed by atoms with Crippen molar-refractivity contribution in [3.63, 3.8) is 0 Å². The second-order valence-corrected chi connectivity index (χ2v) is 3.58. The minimum absolute atomic E-state index is 0.0109. The van der Waals surface area contributed by atoms with Gasteiger partial charge in [-0.2, -0.15) is 13.2 Å². The molecular formula is C11H12F3NO3. The van der Waals surface area contributed by atoms with Gasteiger partial charge in [-0.1, -0.05) is 6.07 Å². The Bertz CT molecular complexity index is 432. The van der Waals surface area contributed by atoms with Gasteiger partial charge in [0.15, 0.2) is 6.61 Å². The zero-order valence-electron chi connectivity index (χ0n) is 9.54. The molecule has 0 radical (unpaired) electrons. The Balaban J connectivity index is 2.46. The number of carbonyl (C=O) groups is 1. The fraction of sp³-hybridized carbons (Fsp3) is 0.364. The number of rotatable bonds is 4. The van der Waals surface area contributed by atoms with Gasteiger partial charge in [-0.3, -0.25) is 4.79 Å². The maximum absolute atomic E-state index is 11.8. The maximum Gasteiger partial charge on any atom is 0.405 e. The number of carbonyl (C=O) groups excluding carboxylic acids is 1. The van der Waals surface area contributed by atoms with Crippen LogP contribution in [0.5, 0.6) is 11.5 Å². The average Bonchev–Trinajstić information content (AvgIpc) is 2.27. The van der Waals surface area contributed by atoms with Gasteiger partial charge < -0.3 is 15.2 Å². The van der Waals surface area contributed by atoms with Crippen LogP contribution in [0.2, 0.25) is 0 Å². The van der Waals surface area contributed by atoms with Crippen LogP contribution >= 0.6 is 0 Å². The number of benzene rings is 1. The fourth-order valence-electron chi connectivity index (χ4n) is 1.15. The molecule has 100 valence electrons. The lowest BCUT2D eigenvalue weighted by molar-refractivity contribution is -0.139. The summed E-state index contributed by atoms with van der Waals surface area (Å²) in [5, 5.41) is 11.0. The molecule has 0 saturated heterocycles. The molecule has 0 unspecified atom stereocenters. The van der Waals surface area contributed by atoms with Crippen molar-refractivity contribution in [2.45, 2.75) is 13.1 Å². The van der Waals surface area contributed by atoms with Gasteiger partial charge in [0, 0.05) is 5.56 Å². The van der Waals surface area contributed by atoms with Crippen LogP contribution < -0.4 is 10.1 Å². The van der Waals surface area contributed by atoms with Gasteiger partial charge >= 0.3 is 6.18 Å². The minimum atomic E-state index is -4.45. The molecule has 0 aliphatic carbocycles. The molecule has 1 amide bonds. The summed E-state index contributed by atoms with van der Waals surface area (Å²) >= 11 is 0. The Kier molecular flexibility index (Phi) is 4.41. The molecule has 0 bridgehead atoms. The van der Waals surface area contributed by atoms with Crippen molar-refractivity contribution in [1.82, 2.24) is 5.32 Å². The Hall–Kier alpha value is -1.92. The van der Waals surface area contributed by atoms with Crippen molar-refractivity contribution in [3.05, 3.63) is 23.8 Å². The summed E-state index contributed by atoms with van der Waals surface area (Å²) in [7, 11) is 0. The van der Waals surface area contributed by atoms with Gasteiger partial charge in [0.1, 0.15) is 18.0 Å². The smallest absolute Gasteiger partial charge is 0.405 e. The van der Waals surface area contributed by atoms with E-state index in [0.717, 1.165) is 0 Å². The van der Waals surface area contributed by atoms with E-state index in [0.29, 0.717) is 5.56 Å². The van der Waals surface area contributed by atoms with Crippen molar-refractivity contribution in [1.29, 1.82) is 0 Å². The van der Waals surface area contributed by atoms with Crippen molar-refractivity contribution in [2.24, 2.45) is 0 Å². The number of ether oxygens (including phenoxy) is 1. The van der Waals surface area contributed by atoms with Crippen molar-refractivity contribution in [2.75, 3.05) is 13.2 Å². The number of phenols is 1. The third-order valence-corrected chi connectivity index (χ3v) is 2.10. The molecule has 0 heterocycles. The summed E-state index contributed by atoms with van der Waals surface area (Å²) < 4.78 is 40.4. The van der Waals surface area contributed by atoms with Crippen LogP contribution in [-0.2, 0) is 4.79 Å². The first-order chi connectivity index (χ1) is 8.29. The molecule has 0 aromatic heterocycles. The molecule has 0 aliphatic rings. The molecule has 0 fully saturated rings. The van der Waals surface area contributed by atoms with Crippen LogP contribution in [0.15, 0.2) is 18.2 Å². The van der Waals surface area contributed by atoms with Crippen molar-refractivity contribution >= 4 is 5.91 Å². The SMILES string of the molecule is Cc1c(O)cccc1OCC(=O)NCC(F)(F)F. The van der Waals surface area contributed by atoms with E-state index in [4.69, 9.17) is 4.74 Å². The zero-order chi connectivity index (χ0) is 13.8. The van der Waals surface area contributed by atoms with E-state index < -0.39 is 25.2 Å². The van der Waals surface area contributed by atoms with E-state index in [1.54, 1.807) is 12.2 Å². The lowest BCUT2D eigenvalue weighted by Crippen LogP contribution is -2.36. The second-order valence-electron chi connectivity index (χ2n) is 3.58. The Morgan fingerprint density at radius 1 is 1.44 bits per heavy atom. The first-order valence-corrected chi connectivity index (χ1v) is 5.04. The Labute approximate surface area is 101 Å². The van der Waals surface area contributed by atoms with E-state index in [1.807, 2.05) is 0 Å². The predicted octanol–water partition coefficient (Wildman–Crippen LogP) is 1.76. The summed E-state index contributed by atoms with van der Waals surface area (Å²) in [5.74, 6) is -0.643. The molecule has 0 atom stereocenters. The number of nitrogens with one attached hydrogen (secondary N) is 1. The zero-order valence-corrected chi connectivity index (χ0v) is 9.54. The van der Waals surface area contributed by atoms with Gasteiger partial charge in [-0.15, -0.1) is 0 Å². The molecule has 0 saturated carbocycles. The van der Waals surface area contributed by atoms with Crippen LogP contribution in [0.4, 0.5) is 13.2 Å². The lowest BCUT2D eigenvalue weighted by atomic mass is 10.2. The number of alkyl halides is 3. The molecule has 4 nitrogen and oxygen atoms in total. The summed E-state index contributed by atoms with van der Waals surface area (Å²) in [6.07, 6.45) is -4.45. The Morgan fingerprint density at radius 3 is 2.72 bits per heavy atom. The number of halogens is 3. The normalized spacial score (nSPS) is 11.1. The van der Waals surface area contributed by atoms with E-state index >= 15 is 0 Å². The minimum Gasteiger partial charge on any atom is -0.508 e. The first kappa shape index (κ1) is 14.1. The third-order valence-electron chi connectivity index (χ3n) is 2.10. The fourth-order valence-corrected chi connectivity index (χ4v) is 1.15. The monoisotopic (exact) mass is 263 g/mol. The number of amides is 1. The van der Waals surface area contributed by atoms with E-state index in [-0.39, 0.29) is 11.5 Å². The van der Waals surface area contributed by atoms with E-state index in [1.165, 1.54) is 18.2 Å². The highest BCUT2D eigenvalue weighted by atomic mass is 19.4. The molecule has 1 aromatic rings. The van der Waals surface area contributed by atoms with Crippen LogP contribution in [0.25, 0.3) is 0 Å². The average molecular weight is 263 g/mol. The van der Waals surface area contributed by atoms with Gasteiger partial charge in [-0.05, 0) is 19.1 Å². The highest BCUT2D eigenvalue weighted by Gasteiger charge is 2.27. The van der Waals surface area contributed by atoms with E-state index in [2.05, 4.69) is 0 Å². The summed E-state index contributed by atoms with van der Waals surface area (Å²) in [6, 6.07) is 4.45. The first-order valence-electron chi connectivity index (χ1n) is 5.04. The molecule has 0 spiro atoms. The quantitative estimate of drug-likeness (QED) is 0.870. The highest BCUT2D eigenvalue weighted by molar-refractivity contribution is 5.77. The summed E-state index contributed by atoms with van der Waals surface area (Å²) in [4.78, 5) is 11.1. The number of phenolic OH excluding ortho intramolecular Hbond substituents is 1. The lowest BCUT2D eigenvalue weighted by Gasteiger charge is -2.11. The maximum atomic E-state index is 11.8. The van der Waals surface area contributed by atoms with Crippen LogP contribution in [0.3, 0.4) is 0 Å². The molecule has 18 heavy (non-hydrogen) atoms. The standard InChI is InChI=1S/C11H12F3NO3/c1-7-8(16)3-2-4-9(7)18-5-10(17)15-6-11(12,13)14/h2-4,16H,5-6H2,1H3,(H,15,17). The topological polar surface area (TPSA) is 58.6 Å². The van der Waals surface area contributed by atoms with Gasteiger partial charge in [0.05, 0.1) is 0 Å². The van der Waals surface area contributed by atoms with Gasteiger partial charge in [-0.25, -0.2) is 0 Å². The molecule has 1 aromatic carbocycles. The van der Waals surface area contributed by atoms with Crippen molar-refractivity contribution < 1.29 is 27.8 Å². The molecule has 2 N–H and O–H groups in total. The molecule has 0 aliphatic heterocycles. The Morgan fingerprint density at radius 2 is 2.11 bits per heavy atom. The molecule has 1 rings (SSSR count). The number of aromatic hydroxyl groups is 1. The van der Waals surface area contributed by atoms with Gasteiger partial charge in [0.25, 0.3) is 5.91 Å². The third kappa shape index (κ3) is 4.52. The molecular weight excluding hydrogens is 251 g/mol. The largest absolute Gasteiger partial charge is 0.508 e. The predicted molar refractivity (Wildman–Crippen MR) is 57.4 cm³/mol. The summed E-state index contributed by atoms with van der Waals surface area (Å²) in [5.41, 5.74) is 0.418. The summed E-state index contributed by atoms with van der Waals surface area (Å²) in [6.45, 7) is -0.368. The number of hydrogen-bond acceptors (Lipinski definition) is 3. The van der Waals surface area contributed by atoms with Crippen molar-refractivity contribution in [3.8, 4) is 11.5 Å².